The molecule has 4 nitrogen and oxygen atoms in total. The Labute approximate surface area is 108 Å². The number of hydrogen-bond acceptors (Lipinski definition) is 2. The van der Waals surface area contributed by atoms with E-state index >= 15 is 0 Å². The topological polar surface area (TPSA) is 40.6 Å². The lowest BCUT2D eigenvalue weighted by Gasteiger charge is -2.21. The number of hydrogen-bond donors (Lipinski definition) is 0. The average molecular weight is 248 g/mol. The quantitative estimate of drug-likeness (QED) is 0.747. The van der Waals surface area contributed by atoms with Gasteiger partial charge in [-0.1, -0.05) is 18.2 Å². The third-order valence-corrected chi connectivity index (χ3v) is 2.94. The second kappa shape index (κ2) is 6.79. The van der Waals surface area contributed by atoms with Gasteiger partial charge in [-0.05, 0) is 26.0 Å². The molecule has 0 heterocycles. The van der Waals surface area contributed by atoms with Crippen LogP contribution >= 0.6 is 0 Å². The summed E-state index contributed by atoms with van der Waals surface area (Å²) < 4.78 is 0. The molecule has 0 radical (unpaired) electrons. The molecule has 4 heteroatoms. The molecule has 0 aliphatic heterocycles. The Morgan fingerprint density at radius 3 is 2.06 bits per heavy atom. The smallest absolute Gasteiger partial charge is 0.236 e. The van der Waals surface area contributed by atoms with E-state index in [-0.39, 0.29) is 18.2 Å². The van der Waals surface area contributed by atoms with Gasteiger partial charge in [0.2, 0.25) is 11.8 Å². The summed E-state index contributed by atoms with van der Waals surface area (Å²) in [6.45, 7) is 5.09. The average Bonchev–Trinajstić information content (AvgIpc) is 2.40. The fourth-order valence-electron chi connectivity index (χ4n) is 1.73. The standard InChI is InChI=1S/C14H20N2O2/c1-4-16(5-2)14(18)11-13(17)15(3)12-9-7-6-8-10-12/h6-10H,4-5,11H2,1-3H3. The highest BCUT2D eigenvalue weighted by atomic mass is 16.2. The fourth-order valence-corrected chi connectivity index (χ4v) is 1.73. The van der Waals surface area contributed by atoms with E-state index in [1.807, 2.05) is 44.2 Å². The molecule has 18 heavy (non-hydrogen) atoms. The van der Waals surface area contributed by atoms with E-state index in [4.69, 9.17) is 0 Å². The molecule has 0 saturated carbocycles. The summed E-state index contributed by atoms with van der Waals surface area (Å²) in [5.74, 6) is -0.300. The van der Waals surface area contributed by atoms with Gasteiger partial charge in [-0.2, -0.15) is 0 Å². The zero-order valence-electron chi connectivity index (χ0n) is 11.2. The first kappa shape index (κ1) is 14.2. The van der Waals surface area contributed by atoms with Crippen molar-refractivity contribution < 1.29 is 9.59 Å². The number of amides is 2. The molecule has 1 rings (SSSR count). The lowest BCUT2D eigenvalue weighted by Crippen LogP contribution is -2.36. The lowest BCUT2D eigenvalue weighted by molar-refractivity contribution is -0.134. The zero-order chi connectivity index (χ0) is 13.5. The largest absolute Gasteiger partial charge is 0.343 e. The summed E-state index contributed by atoms with van der Waals surface area (Å²) in [5.41, 5.74) is 0.801. The summed E-state index contributed by atoms with van der Waals surface area (Å²) >= 11 is 0. The van der Waals surface area contributed by atoms with Crippen molar-refractivity contribution in [3.8, 4) is 0 Å². The van der Waals surface area contributed by atoms with E-state index in [9.17, 15) is 9.59 Å². The van der Waals surface area contributed by atoms with Crippen LogP contribution in [0.4, 0.5) is 5.69 Å². The minimum atomic E-state index is -0.182. The number of carbonyl (C=O) groups excluding carboxylic acids is 2. The SMILES string of the molecule is CCN(CC)C(=O)CC(=O)N(C)c1ccccc1. The number of para-hydroxylation sites is 1. The summed E-state index contributed by atoms with van der Waals surface area (Å²) in [7, 11) is 1.69. The van der Waals surface area contributed by atoms with Crippen LogP contribution in [-0.2, 0) is 9.59 Å². The predicted octanol–water partition coefficient (Wildman–Crippen LogP) is 1.91. The number of rotatable bonds is 5. The van der Waals surface area contributed by atoms with E-state index in [0.717, 1.165) is 5.69 Å². The lowest BCUT2D eigenvalue weighted by atomic mass is 10.2. The van der Waals surface area contributed by atoms with Gasteiger partial charge in [0.1, 0.15) is 6.42 Å². The highest BCUT2D eigenvalue weighted by Crippen LogP contribution is 2.12. The second-order valence-corrected chi connectivity index (χ2v) is 4.03. The van der Waals surface area contributed by atoms with Crippen molar-refractivity contribution in [2.24, 2.45) is 0 Å². The van der Waals surface area contributed by atoms with Gasteiger partial charge >= 0.3 is 0 Å². The van der Waals surface area contributed by atoms with Crippen molar-refractivity contribution in [3.05, 3.63) is 30.3 Å². The van der Waals surface area contributed by atoms with E-state index in [1.165, 1.54) is 4.90 Å². The molecule has 0 spiro atoms. The third kappa shape index (κ3) is 3.58. The molecule has 1 aromatic rings. The van der Waals surface area contributed by atoms with Gasteiger partial charge < -0.3 is 9.80 Å². The summed E-state index contributed by atoms with van der Waals surface area (Å²) in [6.07, 6.45) is -0.0763. The summed E-state index contributed by atoms with van der Waals surface area (Å²) in [6, 6.07) is 9.32. The number of anilines is 1. The van der Waals surface area contributed by atoms with Gasteiger partial charge in [-0.15, -0.1) is 0 Å². The first-order valence-corrected chi connectivity index (χ1v) is 6.19. The van der Waals surface area contributed by atoms with Crippen LogP contribution in [0.5, 0.6) is 0 Å². The van der Waals surface area contributed by atoms with Gasteiger partial charge in [0.25, 0.3) is 0 Å². The number of nitrogens with zero attached hydrogens (tertiary/aromatic N) is 2. The Balaban J connectivity index is 2.63. The van der Waals surface area contributed by atoms with E-state index in [1.54, 1.807) is 11.9 Å². The molecule has 0 aliphatic carbocycles. The minimum absolute atomic E-state index is 0.0763. The summed E-state index contributed by atoms with van der Waals surface area (Å²) in [5, 5.41) is 0. The Hall–Kier alpha value is -1.84. The minimum Gasteiger partial charge on any atom is -0.343 e. The number of carbonyl (C=O) groups is 2. The van der Waals surface area contributed by atoms with E-state index in [0.29, 0.717) is 13.1 Å². The molecule has 0 bridgehead atoms. The van der Waals surface area contributed by atoms with Crippen LogP contribution in [0.2, 0.25) is 0 Å². The molecule has 2 amide bonds. The van der Waals surface area contributed by atoms with Crippen molar-refractivity contribution in [2.45, 2.75) is 20.3 Å². The van der Waals surface area contributed by atoms with Gasteiger partial charge in [-0.25, -0.2) is 0 Å². The van der Waals surface area contributed by atoms with E-state index < -0.39 is 0 Å². The molecule has 0 saturated heterocycles. The van der Waals surface area contributed by atoms with Crippen molar-refractivity contribution in [1.29, 1.82) is 0 Å². The first-order chi connectivity index (χ1) is 8.60. The van der Waals surface area contributed by atoms with Crippen LogP contribution in [-0.4, -0.2) is 36.9 Å². The second-order valence-electron chi connectivity index (χ2n) is 4.03. The first-order valence-electron chi connectivity index (χ1n) is 6.19. The maximum absolute atomic E-state index is 12.0. The zero-order valence-corrected chi connectivity index (χ0v) is 11.2. The molecule has 0 fully saturated rings. The van der Waals surface area contributed by atoms with Crippen LogP contribution in [0.3, 0.4) is 0 Å². The Morgan fingerprint density at radius 2 is 1.56 bits per heavy atom. The van der Waals surface area contributed by atoms with Crippen LogP contribution in [0.1, 0.15) is 20.3 Å². The highest BCUT2D eigenvalue weighted by Gasteiger charge is 2.18. The van der Waals surface area contributed by atoms with Crippen LogP contribution in [0.25, 0.3) is 0 Å². The Bertz CT molecular complexity index is 400. The Kier molecular flexibility index (Phi) is 5.36. The van der Waals surface area contributed by atoms with Crippen molar-refractivity contribution in [1.82, 2.24) is 4.90 Å². The molecule has 0 N–H and O–H groups in total. The normalized spacial score (nSPS) is 9.94. The van der Waals surface area contributed by atoms with Crippen molar-refractivity contribution >= 4 is 17.5 Å². The van der Waals surface area contributed by atoms with Gasteiger partial charge in [0.15, 0.2) is 0 Å². The third-order valence-electron chi connectivity index (χ3n) is 2.94. The maximum atomic E-state index is 12.0. The highest BCUT2D eigenvalue weighted by molar-refractivity contribution is 6.04. The summed E-state index contributed by atoms with van der Waals surface area (Å²) in [4.78, 5) is 27.0. The van der Waals surface area contributed by atoms with Crippen molar-refractivity contribution in [3.63, 3.8) is 0 Å². The monoisotopic (exact) mass is 248 g/mol. The van der Waals surface area contributed by atoms with E-state index in [2.05, 4.69) is 0 Å². The van der Waals surface area contributed by atoms with Gasteiger partial charge in [-0.3, -0.25) is 9.59 Å². The molecule has 98 valence electrons. The van der Waals surface area contributed by atoms with Crippen LogP contribution in [0.15, 0.2) is 30.3 Å². The molecule has 0 unspecified atom stereocenters. The Morgan fingerprint density at radius 1 is 1.00 bits per heavy atom. The van der Waals surface area contributed by atoms with Gasteiger partial charge in [0, 0.05) is 25.8 Å². The fraction of sp³-hybridized carbons (Fsp3) is 0.429. The van der Waals surface area contributed by atoms with Crippen LogP contribution < -0.4 is 4.90 Å². The van der Waals surface area contributed by atoms with Gasteiger partial charge in [0.05, 0.1) is 0 Å². The predicted molar refractivity (Wildman–Crippen MR) is 72.4 cm³/mol. The molecular weight excluding hydrogens is 228 g/mol. The molecule has 0 atom stereocenters. The molecule has 1 aromatic carbocycles. The molecule has 0 aliphatic rings. The molecule has 0 aromatic heterocycles. The maximum Gasteiger partial charge on any atom is 0.236 e. The number of benzene rings is 1. The molecular formula is C14H20N2O2. The van der Waals surface area contributed by atoms with Crippen molar-refractivity contribution in [2.75, 3.05) is 25.0 Å². The van der Waals surface area contributed by atoms with Crippen LogP contribution in [0, 0.1) is 0 Å².